The summed E-state index contributed by atoms with van der Waals surface area (Å²) in [5.74, 6) is -0.544. The molecule has 0 aromatic carbocycles. The Bertz CT molecular complexity index is 1600. The molecular formula is C70H129N2O7P. The van der Waals surface area contributed by atoms with Crippen molar-refractivity contribution < 1.29 is 37.3 Å². The maximum Gasteiger partial charge on any atom is 0.306 e. The first-order chi connectivity index (χ1) is 38.9. The smallest absolute Gasteiger partial charge is 0.306 e. The minimum atomic E-state index is -4.71. The van der Waals surface area contributed by atoms with Gasteiger partial charge in [-0.2, -0.15) is 0 Å². The molecule has 0 aliphatic heterocycles. The molecule has 1 amide bonds. The van der Waals surface area contributed by atoms with Gasteiger partial charge in [0.15, 0.2) is 0 Å². The number of quaternary nitrogens is 1. The molecule has 10 heteroatoms. The van der Waals surface area contributed by atoms with E-state index in [9.17, 15) is 19.0 Å². The molecule has 0 aromatic heterocycles. The molecule has 0 saturated heterocycles. The summed E-state index contributed by atoms with van der Waals surface area (Å²) in [5, 5.41) is 3.03. The number of rotatable bonds is 61. The van der Waals surface area contributed by atoms with Gasteiger partial charge in [0.2, 0.25) is 5.91 Å². The lowest BCUT2D eigenvalue weighted by Gasteiger charge is -2.30. The summed E-state index contributed by atoms with van der Waals surface area (Å²) in [7, 11) is 1.18. The number of nitrogens with zero attached hydrogens (tertiary/aromatic N) is 1. The van der Waals surface area contributed by atoms with Crippen LogP contribution in [-0.2, 0) is 27.9 Å². The SMILES string of the molecule is CC/C=C\C/C=C\C/C=C\C/C=C\C/C=C\CCCCCCCCCC(=O)NC(COP(=O)([O-])OCC[N+](C)(C)C)C(/C=C/CCCCCCCCCCCC)OC(=O)CCCCCCCCCCCCCCCCCCCCC. The molecular weight excluding hydrogens is 1010 g/mol. The van der Waals surface area contributed by atoms with Crippen molar-refractivity contribution >= 4 is 19.7 Å². The van der Waals surface area contributed by atoms with Gasteiger partial charge in [-0.1, -0.05) is 293 Å². The van der Waals surface area contributed by atoms with E-state index < -0.39 is 26.6 Å². The minimum absolute atomic E-state index is 0.0256. The zero-order valence-corrected chi connectivity index (χ0v) is 54.2. The summed E-state index contributed by atoms with van der Waals surface area (Å²) in [6.07, 6.45) is 77.3. The second kappa shape index (κ2) is 59.6. The molecule has 0 aromatic rings. The number of hydrogen-bond acceptors (Lipinski definition) is 7. The van der Waals surface area contributed by atoms with E-state index in [2.05, 4.69) is 86.8 Å². The Morgan fingerprint density at radius 3 is 1.20 bits per heavy atom. The van der Waals surface area contributed by atoms with Gasteiger partial charge in [-0.25, -0.2) is 0 Å². The summed E-state index contributed by atoms with van der Waals surface area (Å²) in [6.45, 7) is 6.75. The highest BCUT2D eigenvalue weighted by Crippen LogP contribution is 2.38. The van der Waals surface area contributed by atoms with Gasteiger partial charge in [-0.15, -0.1) is 0 Å². The fourth-order valence-corrected chi connectivity index (χ4v) is 10.5. The van der Waals surface area contributed by atoms with E-state index in [1.165, 1.54) is 173 Å². The van der Waals surface area contributed by atoms with E-state index in [0.717, 1.165) is 103 Å². The van der Waals surface area contributed by atoms with Gasteiger partial charge in [0.1, 0.15) is 19.3 Å². The number of phosphoric ester groups is 1. The Hall–Kier alpha value is -2.55. The zero-order chi connectivity index (χ0) is 58.6. The topological polar surface area (TPSA) is 114 Å². The first-order valence-electron chi connectivity index (χ1n) is 33.7. The molecule has 80 heavy (non-hydrogen) atoms. The van der Waals surface area contributed by atoms with Crippen molar-refractivity contribution in [2.75, 3.05) is 40.9 Å². The number of ether oxygens (including phenoxy) is 1. The molecule has 9 nitrogen and oxygen atoms in total. The van der Waals surface area contributed by atoms with E-state index in [1.54, 1.807) is 0 Å². The molecule has 3 atom stereocenters. The fraction of sp³-hybridized carbons (Fsp3) is 0.800. The van der Waals surface area contributed by atoms with E-state index in [0.29, 0.717) is 17.4 Å². The first kappa shape index (κ1) is 77.5. The molecule has 3 unspecified atom stereocenters. The lowest BCUT2D eigenvalue weighted by Crippen LogP contribution is -2.47. The van der Waals surface area contributed by atoms with Gasteiger partial charge < -0.3 is 28.5 Å². The lowest BCUT2D eigenvalue weighted by molar-refractivity contribution is -0.870. The van der Waals surface area contributed by atoms with Crippen LogP contribution in [0, 0.1) is 0 Å². The zero-order valence-electron chi connectivity index (χ0n) is 53.3. The second-order valence-corrected chi connectivity index (χ2v) is 25.4. The highest BCUT2D eigenvalue weighted by molar-refractivity contribution is 7.45. The first-order valence-corrected chi connectivity index (χ1v) is 35.2. The molecule has 0 heterocycles. The lowest BCUT2D eigenvalue weighted by atomic mass is 10.0. The third-order valence-electron chi connectivity index (χ3n) is 14.9. The van der Waals surface area contributed by atoms with Gasteiger partial charge in [0.05, 0.1) is 33.8 Å². The average Bonchev–Trinajstić information content (AvgIpc) is 3.42. The number of unbranched alkanes of at least 4 members (excludes halogenated alkanes) is 35. The van der Waals surface area contributed by atoms with Gasteiger partial charge in [-0.3, -0.25) is 14.2 Å². The Morgan fingerprint density at radius 2 is 0.800 bits per heavy atom. The van der Waals surface area contributed by atoms with Crippen molar-refractivity contribution in [3.63, 3.8) is 0 Å². The van der Waals surface area contributed by atoms with Crippen LogP contribution in [-0.4, -0.2) is 69.4 Å². The molecule has 0 radical (unpaired) electrons. The largest absolute Gasteiger partial charge is 0.756 e. The molecule has 1 N–H and O–H groups in total. The maximum absolute atomic E-state index is 13.6. The Morgan fingerprint density at radius 1 is 0.450 bits per heavy atom. The van der Waals surface area contributed by atoms with E-state index >= 15 is 0 Å². The number of nitrogens with one attached hydrogen (secondary N) is 1. The van der Waals surface area contributed by atoms with Crippen LogP contribution < -0.4 is 10.2 Å². The summed E-state index contributed by atoms with van der Waals surface area (Å²) in [6, 6.07) is -0.896. The molecule has 0 fully saturated rings. The van der Waals surface area contributed by atoms with Crippen LogP contribution in [0.3, 0.4) is 0 Å². The standard InChI is InChI=1S/C70H129N2O7P/c1-7-10-13-16-19-22-25-28-30-32-34-35-36-37-39-40-42-44-47-50-53-56-59-62-69(73)71-67(66-78-80(75,76)77-65-64-72(4,5)6)68(61-58-55-52-49-46-27-24-21-18-15-12-9-3)79-70(74)63-60-57-54-51-48-45-43-41-38-33-31-29-26-23-20-17-14-11-8-2/h10,13,19,22,28,30,34-35,37,39,58,61,67-68H,7-9,11-12,14-18,20-21,23-27,29,31-33,36,38,40-57,59-60,62-66H2,1-6H3,(H-,71,73,75,76)/b13-10-,22-19-,30-28-,35-34-,39-37-,61-58+. The monoisotopic (exact) mass is 1140 g/mol. The van der Waals surface area contributed by atoms with Gasteiger partial charge in [0, 0.05) is 12.8 Å². The number of likely N-dealkylation sites (N-methyl/N-ethyl adjacent to an activating group) is 1. The van der Waals surface area contributed by atoms with E-state index in [4.69, 9.17) is 13.8 Å². The molecule has 0 rings (SSSR count). The normalized spacial score (nSPS) is 14.0. The predicted molar refractivity (Wildman–Crippen MR) is 344 cm³/mol. The van der Waals surface area contributed by atoms with Crippen LogP contribution in [0.1, 0.15) is 310 Å². The van der Waals surface area contributed by atoms with Gasteiger partial charge in [-0.05, 0) is 76.7 Å². The van der Waals surface area contributed by atoms with E-state index in [1.807, 2.05) is 33.3 Å². The average molecular weight is 1140 g/mol. The van der Waals surface area contributed by atoms with Crippen LogP contribution >= 0.6 is 7.82 Å². The number of carbonyl (C=O) groups excluding carboxylic acids is 2. The molecule has 0 bridgehead atoms. The minimum Gasteiger partial charge on any atom is -0.756 e. The summed E-state index contributed by atoms with van der Waals surface area (Å²) >= 11 is 0. The molecule has 0 spiro atoms. The molecule has 466 valence electrons. The molecule has 0 aliphatic carbocycles. The molecule has 0 saturated carbocycles. The quantitative estimate of drug-likeness (QED) is 0.0212. The summed E-state index contributed by atoms with van der Waals surface area (Å²) in [4.78, 5) is 40.1. The van der Waals surface area contributed by atoms with Gasteiger partial charge in [0.25, 0.3) is 7.82 Å². The van der Waals surface area contributed by atoms with Crippen LogP contribution in [0.15, 0.2) is 72.9 Å². The fourth-order valence-electron chi connectivity index (χ4n) is 9.73. The van der Waals surface area contributed by atoms with Crippen LogP contribution in [0.25, 0.3) is 0 Å². The van der Waals surface area contributed by atoms with Crippen molar-refractivity contribution in [1.82, 2.24) is 5.32 Å². The van der Waals surface area contributed by atoms with Crippen molar-refractivity contribution in [2.24, 2.45) is 0 Å². The summed E-state index contributed by atoms with van der Waals surface area (Å²) < 4.78 is 30.4. The number of allylic oxidation sites excluding steroid dienone is 11. The summed E-state index contributed by atoms with van der Waals surface area (Å²) in [5.41, 5.74) is 0. The maximum atomic E-state index is 13.6. The number of phosphoric acid groups is 1. The third-order valence-corrected chi connectivity index (χ3v) is 15.9. The highest BCUT2D eigenvalue weighted by Gasteiger charge is 2.27. The predicted octanol–water partition coefficient (Wildman–Crippen LogP) is 20.5. The Balaban J connectivity index is 5.16. The Kier molecular flexibility index (Phi) is 57.7. The molecule has 0 aliphatic rings. The Labute approximate surface area is 495 Å². The van der Waals surface area contributed by atoms with Crippen molar-refractivity contribution in [2.45, 2.75) is 322 Å². The third kappa shape index (κ3) is 60.1. The number of esters is 1. The van der Waals surface area contributed by atoms with Crippen molar-refractivity contribution in [3.8, 4) is 0 Å². The second-order valence-electron chi connectivity index (χ2n) is 24.0. The van der Waals surface area contributed by atoms with Crippen molar-refractivity contribution in [3.05, 3.63) is 72.9 Å². The highest BCUT2D eigenvalue weighted by atomic mass is 31.2. The van der Waals surface area contributed by atoms with Gasteiger partial charge >= 0.3 is 5.97 Å². The number of carbonyl (C=O) groups is 2. The van der Waals surface area contributed by atoms with Crippen LogP contribution in [0.2, 0.25) is 0 Å². The van der Waals surface area contributed by atoms with Crippen molar-refractivity contribution in [1.29, 1.82) is 0 Å². The number of hydrogen-bond donors (Lipinski definition) is 1. The van der Waals surface area contributed by atoms with Crippen LogP contribution in [0.4, 0.5) is 0 Å². The number of amides is 1. The van der Waals surface area contributed by atoms with Crippen LogP contribution in [0.5, 0.6) is 0 Å². The van der Waals surface area contributed by atoms with E-state index in [-0.39, 0.29) is 24.9 Å².